The van der Waals surface area contributed by atoms with Gasteiger partial charge in [0.25, 0.3) is 0 Å². The molecule has 6 heteroatoms. The van der Waals surface area contributed by atoms with Gasteiger partial charge in [0.2, 0.25) is 0 Å². The number of rotatable bonds is 3. The molecule has 0 saturated carbocycles. The number of hydrogen-bond donors (Lipinski definition) is 2. The van der Waals surface area contributed by atoms with E-state index in [9.17, 15) is 18.3 Å². The molecule has 0 unspecified atom stereocenters. The van der Waals surface area contributed by atoms with Crippen LogP contribution in [-0.4, -0.2) is 36.5 Å². The van der Waals surface area contributed by atoms with E-state index in [1.165, 1.54) is 0 Å². The molecule has 1 aliphatic rings. The van der Waals surface area contributed by atoms with Crippen LogP contribution in [0.2, 0.25) is 0 Å². The molecule has 0 spiro atoms. The zero-order chi connectivity index (χ0) is 14.1. The van der Waals surface area contributed by atoms with Gasteiger partial charge in [-0.2, -0.15) is 0 Å². The fraction of sp³-hybridized carbons (Fsp3) is 0.462. The first-order chi connectivity index (χ1) is 8.83. The van der Waals surface area contributed by atoms with E-state index in [0.717, 1.165) is 5.56 Å². The van der Waals surface area contributed by atoms with Crippen LogP contribution in [0.1, 0.15) is 18.4 Å². The Balaban J connectivity index is 2.24. The smallest absolute Gasteiger partial charge is 0.329 e. The molecule has 0 radical (unpaired) electrons. The molecule has 0 atom stereocenters. The van der Waals surface area contributed by atoms with Gasteiger partial charge in [0, 0.05) is 5.69 Å². The highest BCUT2D eigenvalue weighted by Crippen LogP contribution is 2.29. The monoisotopic (exact) mass is 283 g/mol. The first kappa shape index (κ1) is 13.9. The summed E-state index contributed by atoms with van der Waals surface area (Å²) in [7, 11) is -3.09. The topological polar surface area (TPSA) is 83.5 Å². The lowest BCUT2D eigenvalue weighted by molar-refractivity contribution is -0.142. The van der Waals surface area contributed by atoms with E-state index in [2.05, 4.69) is 5.32 Å². The van der Waals surface area contributed by atoms with Gasteiger partial charge >= 0.3 is 5.97 Å². The molecular formula is C13H17NO4S. The van der Waals surface area contributed by atoms with Gasteiger partial charge in [-0.3, -0.25) is 0 Å². The van der Waals surface area contributed by atoms with Crippen molar-refractivity contribution in [3.63, 3.8) is 0 Å². The lowest BCUT2D eigenvalue weighted by atomic mass is 9.92. The number of hydrogen-bond acceptors (Lipinski definition) is 4. The van der Waals surface area contributed by atoms with E-state index in [4.69, 9.17) is 0 Å². The van der Waals surface area contributed by atoms with Crippen LogP contribution in [0.15, 0.2) is 24.3 Å². The van der Waals surface area contributed by atoms with E-state index < -0.39 is 21.3 Å². The largest absolute Gasteiger partial charge is 0.480 e. The Hall–Kier alpha value is -1.56. The lowest BCUT2D eigenvalue weighted by Crippen LogP contribution is -2.51. The minimum absolute atomic E-state index is 0.0852. The summed E-state index contributed by atoms with van der Waals surface area (Å²) in [6.45, 7) is 1.92. The van der Waals surface area contributed by atoms with Crippen molar-refractivity contribution in [3.8, 4) is 0 Å². The maximum absolute atomic E-state index is 11.5. The molecule has 1 heterocycles. The number of aryl methyl sites for hydroxylation is 1. The van der Waals surface area contributed by atoms with Crippen LogP contribution in [-0.2, 0) is 14.6 Å². The highest BCUT2D eigenvalue weighted by molar-refractivity contribution is 7.91. The molecule has 1 fully saturated rings. The number of aliphatic carboxylic acids is 1. The molecule has 2 rings (SSSR count). The highest BCUT2D eigenvalue weighted by Gasteiger charge is 2.43. The van der Waals surface area contributed by atoms with E-state index >= 15 is 0 Å². The minimum Gasteiger partial charge on any atom is -0.480 e. The van der Waals surface area contributed by atoms with Gasteiger partial charge in [-0.25, -0.2) is 13.2 Å². The summed E-state index contributed by atoms with van der Waals surface area (Å²) in [6.07, 6.45) is 0.192. The molecule has 1 saturated heterocycles. The van der Waals surface area contributed by atoms with Gasteiger partial charge in [0.15, 0.2) is 9.84 Å². The predicted molar refractivity (Wildman–Crippen MR) is 73.1 cm³/mol. The molecule has 0 aromatic heterocycles. The summed E-state index contributed by atoms with van der Waals surface area (Å²) in [5.41, 5.74) is 0.551. The van der Waals surface area contributed by atoms with Crippen molar-refractivity contribution >= 4 is 21.5 Å². The molecule has 2 N–H and O–H groups in total. The molecule has 104 valence electrons. The quantitative estimate of drug-likeness (QED) is 0.877. The van der Waals surface area contributed by atoms with Crippen molar-refractivity contribution < 1.29 is 18.3 Å². The van der Waals surface area contributed by atoms with Crippen LogP contribution in [0.25, 0.3) is 0 Å². The Kier molecular flexibility index (Phi) is 3.54. The number of carboxylic acid groups (broad SMARTS) is 1. The standard InChI is InChI=1S/C13H17NO4S/c1-10-3-2-4-11(9-10)14-13(12(15)16)5-7-19(17,18)8-6-13/h2-4,9,14H,5-8H2,1H3,(H,15,16). The number of benzene rings is 1. The molecule has 1 aliphatic heterocycles. The van der Waals surface area contributed by atoms with Crippen molar-refractivity contribution in [1.82, 2.24) is 0 Å². The van der Waals surface area contributed by atoms with Gasteiger partial charge in [0.05, 0.1) is 11.5 Å². The third-order valence-corrected chi connectivity index (χ3v) is 5.14. The molecule has 19 heavy (non-hydrogen) atoms. The average Bonchev–Trinajstić information content (AvgIpc) is 2.32. The maximum atomic E-state index is 11.5. The predicted octanol–water partition coefficient (Wildman–Crippen LogP) is 1.44. The van der Waals surface area contributed by atoms with Crippen LogP contribution >= 0.6 is 0 Å². The van der Waals surface area contributed by atoms with Gasteiger partial charge in [0.1, 0.15) is 5.54 Å². The van der Waals surface area contributed by atoms with Crippen LogP contribution in [0.5, 0.6) is 0 Å². The Morgan fingerprint density at radius 3 is 2.47 bits per heavy atom. The second-order valence-electron chi connectivity index (χ2n) is 5.03. The lowest BCUT2D eigenvalue weighted by Gasteiger charge is -2.34. The number of nitrogens with one attached hydrogen (secondary N) is 1. The highest BCUT2D eigenvalue weighted by atomic mass is 32.2. The number of sulfone groups is 1. The van der Waals surface area contributed by atoms with Gasteiger partial charge < -0.3 is 10.4 Å². The summed E-state index contributed by atoms with van der Waals surface area (Å²) < 4.78 is 22.9. The van der Waals surface area contributed by atoms with Crippen molar-refractivity contribution in [2.75, 3.05) is 16.8 Å². The van der Waals surface area contributed by atoms with E-state index in [1.807, 2.05) is 25.1 Å². The minimum atomic E-state index is -3.09. The van der Waals surface area contributed by atoms with Crippen LogP contribution in [0.4, 0.5) is 5.69 Å². The number of carboxylic acids is 1. The fourth-order valence-corrected chi connectivity index (χ4v) is 3.80. The van der Waals surface area contributed by atoms with E-state index in [1.54, 1.807) is 6.07 Å². The van der Waals surface area contributed by atoms with Gasteiger partial charge in [-0.1, -0.05) is 12.1 Å². The SMILES string of the molecule is Cc1cccc(NC2(C(=O)O)CCS(=O)(=O)CC2)c1. The van der Waals surface area contributed by atoms with Crippen molar-refractivity contribution in [2.45, 2.75) is 25.3 Å². The van der Waals surface area contributed by atoms with Crippen LogP contribution < -0.4 is 5.32 Å². The molecule has 0 amide bonds. The second kappa shape index (κ2) is 4.85. The van der Waals surface area contributed by atoms with Crippen LogP contribution in [0.3, 0.4) is 0 Å². The molecular weight excluding hydrogens is 266 g/mol. The third-order valence-electron chi connectivity index (χ3n) is 3.49. The molecule has 1 aromatic carbocycles. The zero-order valence-electron chi connectivity index (χ0n) is 10.7. The first-order valence-electron chi connectivity index (χ1n) is 6.12. The maximum Gasteiger partial charge on any atom is 0.329 e. The van der Waals surface area contributed by atoms with E-state index in [0.29, 0.717) is 5.69 Å². The van der Waals surface area contributed by atoms with E-state index in [-0.39, 0.29) is 24.3 Å². The summed E-state index contributed by atoms with van der Waals surface area (Å²) in [4.78, 5) is 11.5. The molecule has 0 bridgehead atoms. The van der Waals surface area contributed by atoms with Crippen molar-refractivity contribution in [3.05, 3.63) is 29.8 Å². The summed E-state index contributed by atoms with van der Waals surface area (Å²) in [6, 6.07) is 7.41. The Labute approximate surface area is 112 Å². The second-order valence-corrected chi connectivity index (χ2v) is 7.34. The first-order valence-corrected chi connectivity index (χ1v) is 7.94. The summed E-state index contributed by atoms with van der Waals surface area (Å²) in [5.74, 6) is -1.17. The Bertz CT molecular complexity index is 580. The van der Waals surface area contributed by atoms with Crippen molar-refractivity contribution in [2.24, 2.45) is 0 Å². The fourth-order valence-electron chi connectivity index (χ4n) is 2.28. The van der Waals surface area contributed by atoms with Gasteiger partial charge in [-0.15, -0.1) is 0 Å². The van der Waals surface area contributed by atoms with Crippen molar-refractivity contribution in [1.29, 1.82) is 0 Å². The summed E-state index contributed by atoms with van der Waals surface area (Å²) in [5, 5.41) is 12.4. The number of anilines is 1. The summed E-state index contributed by atoms with van der Waals surface area (Å²) >= 11 is 0. The number of carbonyl (C=O) groups is 1. The van der Waals surface area contributed by atoms with Gasteiger partial charge in [-0.05, 0) is 37.5 Å². The normalized spacial score (nSPS) is 20.7. The third kappa shape index (κ3) is 3.07. The Morgan fingerprint density at radius 2 is 1.95 bits per heavy atom. The zero-order valence-corrected chi connectivity index (χ0v) is 11.5. The van der Waals surface area contributed by atoms with Crippen LogP contribution in [0, 0.1) is 6.92 Å². The average molecular weight is 283 g/mol. The Morgan fingerprint density at radius 1 is 1.32 bits per heavy atom. The molecule has 0 aliphatic carbocycles. The molecule has 1 aromatic rings. The molecule has 5 nitrogen and oxygen atoms in total.